The summed E-state index contributed by atoms with van der Waals surface area (Å²) < 4.78 is 25.2. The maximum atomic E-state index is 14.2. The lowest BCUT2D eigenvalue weighted by molar-refractivity contribution is 0.309. The van der Waals surface area contributed by atoms with E-state index in [1.165, 1.54) is 11.6 Å². The van der Waals surface area contributed by atoms with Crippen molar-refractivity contribution in [2.24, 2.45) is 0 Å². The Kier molecular flexibility index (Phi) is 4.29. The van der Waals surface area contributed by atoms with E-state index in [4.69, 9.17) is 9.47 Å². The molecule has 0 saturated carbocycles. The summed E-state index contributed by atoms with van der Waals surface area (Å²) in [4.78, 5) is 0. The van der Waals surface area contributed by atoms with Gasteiger partial charge in [0, 0.05) is 12.1 Å². The van der Waals surface area contributed by atoms with Gasteiger partial charge in [0.1, 0.15) is 5.82 Å². The number of nitrogens with one attached hydrogen (secondary N) is 1. The van der Waals surface area contributed by atoms with Crippen molar-refractivity contribution in [3.8, 4) is 11.5 Å². The Bertz CT molecular complexity index is 672. The summed E-state index contributed by atoms with van der Waals surface area (Å²) in [6, 6.07) is 10.7. The molecule has 3 nitrogen and oxygen atoms in total. The molecule has 0 fully saturated rings. The molecule has 0 aliphatic carbocycles. The number of hydrogen-bond acceptors (Lipinski definition) is 3. The van der Waals surface area contributed by atoms with Crippen LogP contribution in [0.2, 0.25) is 0 Å². The average molecular weight is 301 g/mol. The molecule has 2 aromatic carbocycles. The van der Waals surface area contributed by atoms with Crippen molar-refractivity contribution in [3.05, 3.63) is 58.9 Å². The Morgan fingerprint density at radius 2 is 2.00 bits per heavy atom. The van der Waals surface area contributed by atoms with Gasteiger partial charge in [-0.2, -0.15) is 0 Å². The van der Waals surface area contributed by atoms with Gasteiger partial charge in [-0.25, -0.2) is 4.39 Å². The molecule has 1 heterocycles. The first-order chi connectivity index (χ1) is 10.7. The zero-order valence-electron chi connectivity index (χ0n) is 12.9. The van der Waals surface area contributed by atoms with Gasteiger partial charge in [0.25, 0.3) is 0 Å². The van der Waals surface area contributed by atoms with Crippen LogP contribution in [0.5, 0.6) is 11.5 Å². The summed E-state index contributed by atoms with van der Waals surface area (Å²) in [7, 11) is 1.62. The van der Waals surface area contributed by atoms with E-state index in [0.717, 1.165) is 24.3 Å². The van der Waals surface area contributed by atoms with Crippen molar-refractivity contribution in [1.29, 1.82) is 0 Å². The largest absolute Gasteiger partial charge is 0.493 e. The van der Waals surface area contributed by atoms with E-state index in [2.05, 4.69) is 5.32 Å². The SMILES string of the molecule is CCOc1cc2c(cc1OC)[C@@H](c1ccccc1F)NCC2. The van der Waals surface area contributed by atoms with Crippen LogP contribution in [0.4, 0.5) is 4.39 Å². The average Bonchev–Trinajstić information content (AvgIpc) is 2.54. The van der Waals surface area contributed by atoms with Crippen LogP contribution in [-0.2, 0) is 6.42 Å². The minimum atomic E-state index is -0.194. The zero-order chi connectivity index (χ0) is 15.5. The predicted octanol–water partition coefficient (Wildman–Crippen LogP) is 3.47. The van der Waals surface area contributed by atoms with Gasteiger partial charge in [-0.15, -0.1) is 0 Å². The second kappa shape index (κ2) is 6.36. The molecule has 0 bridgehead atoms. The first kappa shape index (κ1) is 14.9. The molecule has 1 atom stereocenters. The first-order valence-corrected chi connectivity index (χ1v) is 7.56. The van der Waals surface area contributed by atoms with E-state index < -0.39 is 0 Å². The molecule has 0 saturated heterocycles. The monoisotopic (exact) mass is 301 g/mol. The highest BCUT2D eigenvalue weighted by atomic mass is 19.1. The summed E-state index contributed by atoms with van der Waals surface area (Å²) in [6.07, 6.45) is 0.893. The normalized spacial score (nSPS) is 17.0. The van der Waals surface area contributed by atoms with E-state index >= 15 is 0 Å². The van der Waals surface area contributed by atoms with Gasteiger partial charge in [-0.3, -0.25) is 0 Å². The van der Waals surface area contributed by atoms with Gasteiger partial charge in [0.05, 0.1) is 19.8 Å². The van der Waals surface area contributed by atoms with Gasteiger partial charge in [-0.1, -0.05) is 18.2 Å². The summed E-state index contributed by atoms with van der Waals surface area (Å²) in [5.74, 6) is 1.24. The fourth-order valence-electron chi connectivity index (χ4n) is 2.98. The van der Waals surface area contributed by atoms with Crippen molar-refractivity contribution in [2.45, 2.75) is 19.4 Å². The first-order valence-electron chi connectivity index (χ1n) is 7.56. The molecule has 4 heteroatoms. The van der Waals surface area contributed by atoms with Crippen LogP contribution in [0.3, 0.4) is 0 Å². The molecular formula is C18H20FNO2. The van der Waals surface area contributed by atoms with E-state index in [0.29, 0.717) is 17.9 Å². The van der Waals surface area contributed by atoms with E-state index in [1.807, 2.05) is 31.2 Å². The van der Waals surface area contributed by atoms with E-state index in [9.17, 15) is 4.39 Å². The van der Waals surface area contributed by atoms with Gasteiger partial charge in [-0.05, 0) is 42.7 Å². The Balaban J connectivity index is 2.08. The number of ether oxygens (including phenoxy) is 2. The molecule has 0 amide bonds. The van der Waals surface area contributed by atoms with E-state index in [1.54, 1.807) is 13.2 Å². The van der Waals surface area contributed by atoms with Gasteiger partial charge >= 0.3 is 0 Å². The molecule has 1 aliphatic rings. The number of benzene rings is 2. The maximum Gasteiger partial charge on any atom is 0.161 e. The van der Waals surface area contributed by atoms with Gasteiger partial charge in [0.2, 0.25) is 0 Å². The van der Waals surface area contributed by atoms with Crippen molar-refractivity contribution in [3.63, 3.8) is 0 Å². The molecule has 0 unspecified atom stereocenters. The topological polar surface area (TPSA) is 30.5 Å². The Morgan fingerprint density at radius 1 is 1.18 bits per heavy atom. The van der Waals surface area contributed by atoms with Gasteiger partial charge < -0.3 is 14.8 Å². The number of hydrogen-bond donors (Lipinski definition) is 1. The summed E-state index contributed by atoms with van der Waals surface area (Å²) in [5, 5.41) is 3.40. The molecule has 0 radical (unpaired) electrons. The second-order valence-electron chi connectivity index (χ2n) is 5.29. The molecular weight excluding hydrogens is 281 g/mol. The Hall–Kier alpha value is -2.07. The number of rotatable bonds is 4. The summed E-state index contributed by atoms with van der Waals surface area (Å²) in [6.45, 7) is 3.34. The van der Waals surface area contributed by atoms with Crippen molar-refractivity contribution in [1.82, 2.24) is 5.32 Å². The fraction of sp³-hybridized carbons (Fsp3) is 0.333. The van der Waals surface area contributed by atoms with E-state index in [-0.39, 0.29) is 11.9 Å². The fourth-order valence-corrected chi connectivity index (χ4v) is 2.98. The third-order valence-corrected chi connectivity index (χ3v) is 4.00. The summed E-state index contributed by atoms with van der Waals surface area (Å²) >= 11 is 0. The third-order valence-electron chi connectivity index (χ3n) is 4.00. The molecule has 22 heavy (non-hydrogen) atoms. The highest BCUT2D eigenvalue weighted by Gasteiger charge is 2.25. The molecule has 2 aromatic rings. The molecule has 0 aromatic heterocycles. The van der Waals surface area contributed by atoms with Gasteiger partial charge in [0.15, 0.2) is 11.5 Å². The highest BCUT2D eigenvalue weighted by molar-refractivity contribution is 5.51. The minimum absolute atomic E-state index is 0.158. The van der Waals surface area contributed by atoms with Crippen LogP contribution >= 0.6 is 0 Å². The summed E-state index contributed by atoms with van der Waals surface area (Å²) in [5.41, 5.74) is 2.89. The Morgan fingerprint density at radius 3 is 2.73 bits per heavy atom. The Labute approximate surface area is 130 Å². The van der Waals surface area contributed by atoms with Crippen molar-refractivity contribution in [2.75, 3.05) is 20.3 Å². The van der Waals surface area contributed by atoms with Crippen LogP contribution in [0, 0.1) is 5.82 Å². The molecule has 1 aliphatic heterocycles. The highest BCUT2D eigenvalue weighted by Crippen LogP contribution is 2.38. The maximum absolute atomic E-state index is 14.2. The van der Waals surface area contributed by atoms with Crippen LogP contribution in [0.15, 0.2) is 36.4 Å². The van der Waals surface area contributed by atoms with Crippen LogP contribution in [0.1, 0.15) is 29.7 Å². The van der Waals surface area contributed by atoms with Crippen molar-refractivity contribution < 1.29 is 13.9 Å². The smallest absolute Gasteiger partial charge is 0.161 e. The third kappa shape index (κ3) is 2.66. The zero-order valence-corrected chi connectivity index (χ0v) is 12.9. The van der Waals surface area contributed by atoms with Crippen LogP contribution < -0.4 is 14.8 Å². The quantitative estimate of drug-likeness (QED) is 0.938. The van der Waals surface area contributed by atoms with Crippen LogP contribution in [0.25, 0.3) is 0 Å². The lowest BCUT2D eigenvalue weighted by atomic mass is 9.89. The number of halogens is 1. The predicted molar refractivity (Wildman–Crippen MR) is 84.1 cm³/mol. The lowest BCUT2D eigenvalue weighted by Crippen LogP contribution is -2.31. The molecule has 116 valence electrons. The molecule has 0 spiro atoms. The standard InChI is InChI=1S/C18H20FNO2/c1-3-22-17-10-12-8-9-20-18(14(12)11-16(17)21-2)13-6-4-5-7-15(13)19/h4-7,10-11,18,20H,3,8-9H2,1-2H3/t18-/m1/s1. The number of fused-ring (bicyclic) bond motifs is 1. The second-order valence-corrected chi connectivity index (χ2v) is 5.29. The lowest BCUT2D eigenvalue weighted by Gasteiger charge is -2.28. The van der Waals surface area contributed by atoms with Crippen molar-refractivity contribution >= 4 is 0 Å². The minimum Gasteiger partial charge on any atom is -0.493 e. The van der Waals surface area contributed by atoms with Crippen LogP contribution in [-0.4, -0.2) is 20.3 Å². The number of methoxy groups -OCH3 is 1. The molecule has 1 N–H and O–H groups in total. The molecule has 3 rings (SSSR count).